The SMILES string of the molecule is COc1cc([N+](=O)[O-])cc(/C=N\Nc2cn[nH]c(=O)c2Cl)c1O. The Balaban J connectivity index is 2.32. The number of ether oxygens (including phenoxy) is 1. The van der Waals surface area contributed by atoms with Gasteiger partial charge in [0, 0.05) is 11.6 Å². The van der Waals surface area contributed by atoms with Crippen molar-refractivity contribution in [2.75, 3.05) is 12.5 Å². The van der Waals surface area contributed by atoms with Crippen LogP contribution in [-0.4, -0.2) is 33.6 Å². The van der Waals surface area contributed by atoms with E-state index in [1.165, 1.54) is 13.3 Å². The van der Waals surface area contributed by atoms with Crippen LogP contribution in [0.3, 0.4) is 0 Å². The lowest BCUT2D eigenvalue weighted by Crippen LogP contribution is -2.10. The lowest BCUT2D eigenvalue weighted by Gasteiger charge is -2.06. The van der Waals surface area contributed by atoms with Crippen molar-refractivity contribution in [2.24, 2.45) is 5.10 Å². The number of hydrogen-bond acceptors (Lipinski definition) is 8. The van der Waals surface area contributed by atoms with E-state index in [0.717, 1.165) is 18.3 Å². The number of benzene rings is 1. The average Bonchev–Trinajstić information content (AvgIpc) is 2.52. The van der Waals surface area contributed by atoms with Crippen molar-refractivity contribution in [3.63, 3.8) is 0 Å². The standard InChI is InChI=1S/C12H10ClN5O5/c1-23-9-3-7(18(21)22)2-6(11(9)19)4-14-16-8-5-15-17-12(20)10(8)13/h2-5,19H,1H3,(H2,16,17,20)/b14-4-. The van der Waals surface area contributed by atoms with Crippen LogP contribution in [0, 0.1) is 10.1 Å². The van der Waals surface area contributed by atoms with Crippen molar-refractivity contribution in [3.05, 3.63) is 49.4 Å². The number of nitrogens with zero attached hydrogens (tertiary/aromatic N) is 3. The van der Waals surface area contributed by atoms with Gasteiger partial charge in [-0.2, -0.15) is 10.2 Å². The quantitative estimate of drug-likeness (QED) is 0.425. The molecule has 0 radical (unpaired) electrons. The highest BCUT2D eigenvalue weighted by molar-refractivity contribution is 6.32. The zero-order valence-electron chi connectivity index (χ0n) is 11.6. The summed E-state index contributed by atoms with van der Waals surface area (Å²) in [6.07, 6.45) is 2.34. The summed E-state index contributed by atoms with van der Waals surface area (Å²) < 4.78 is 4.86. The van der Waals surface area contributed by atoms with E-state index in [-0.39, 0.29) is 33.5 Å². The lowest BCUT2D eigenvalue weighted by atomic mass is 10.2. The molecule has 10 nitrogen and oxygen atoms in total. The third kappa shape index (κ3) is 3.55. The number of anilines is 1. The molecule has 2 aromatic rings. The number of nitrogens with one attached hydrogen (secondary N) is 2. The predicted molar refractivity (Wildman–Crippen MR) is 82.4 cm³/mol. The first kappa shape index (κ1) is 16.2. The molecule has 0 atom stereocenters. The van der Waals surface area contributed by atoms with Crippen LogP contribution in [0.15, 0.2) is 28.2 Å². The van der Waals surface area contributed by atoms with E-state index in [1.54, 1.807) is 0 Å². The summed E-state index contributed by atoms with van der Waals surface area (Å²) in [6.45, 7) is 0. The van der Waals surface area contributed by atoms with Crippen LogP contribution in [0.2, 0.25) is 5.02 Å². The number of nitro groups is 1. The molecule has 0 aliphatic carbocycles. The molecule has 0 amide bonds. The molecule has 11 heteroatoms. The fraction of sp³-hybridized carbons (Fsp3) is 0.0833. The van der Waals surface area contributed by atoms with Crippen LogP contribution >= 0.6 is 11.6 Å². The van der Waals surface area contributed by atoms with Crippen molar-refractivity contribution in [3.8, 4) is 11.5 Å². The molecule has 1 aromatic carbocycles. The summed E-state index contributed by atoms with van der Waals surface area (Å²) in [5.41, 5.74) is 1.73. The molecule has 23 heavy (non-hydrogen) atoms. The highest BCUT2D eigenvalue weighted by Crippen LogP contribution is 2.33. The minimum absolute atomic E-state index is 0.0393. The number of aromatic hydroxyl groups is 1. The monoisotopic (exact) mass is 339 g/mol. The summed E-state index contributed by atoms with van der Waals surface area (Å²) in [6, 6.07) is 2.19. The third-order valence-electron chi connectivity index (χ3n) is 2.70. The Morgan fingerprint density at radius 1 is 1.57 bits per heavy atom. The molecule has 0 spiro atoms. The number of hydrazone groups is 1. The van der Waals surface area contributed by atoms with E-state index in [2.05, 4.69) is 20.7 Å². The minimum atomic E-state index is -0.635. The molecule has 0 saturated carbocycles. The van der Waals surface area contributed by atoms with Gasteiger partial charge in [-0.3, -0.25) is 20.3 Å². The molecule has 0 aliphatic heterocycles. The summed E-state index contributed by atoms with van der Waals surface area (Å²) in [5.74, 6) is -0.393. The van der Waals surface area contributed by atoms with Crippen LogP contribution in [0.1, 0.15) is 5.56 Å². The van der Waals surface area contributed by atoms with E-state index in [9.17, 15) is 20.0 Å². The highest BCUT2D eigenvalue weighted by atomic mass is 35.5. The van der Waals surface area contributed by atoms with E-state index >= 15 is 0 Å². The van der Waals surface area contributed by atoms with E-state index in [1.807, 2.05) is 0 Å². The van der Waals surface area contributed by atoms with Crippen molar-refractivity contribution < 1.29 is 14.8 Å². The molecular formula is C12H10ClN5O5. The Kier molecular flexibility index (Phi) is 4.76. The molecule has 0 unspecified atom stereocenters. The summed E-state index contributed by atoms with van der Waals surface area (Å²) in [4.78, 5) is 21.5. The molecule has 120 valence electrons. The van der Waals surface area contributed by atoms with Gasteiger partial charge in [-0.15, -0.1) is 0 Å². The Morgan fingerprint density at radius 3 is 2.96 bits per heavy atom. The molecule has 0 aliphatic rings. The Hall–Kier alpha value is -3.14. The molecular weight excluding hydrogens is 330 g/mol. The Bertz CT molecular complexity index is 835. The second-order valence-electron chi connectivity index (χ2n) is 4.14. The summed E-state index contributed by atoms with van der Waals surface area (Å²) in [7, 11) is 1.26. The van der Waals surface area contributed by atoms with Gasteiger partial charge < -0.3 is 9.84 Å². The highest BCUT2D eigenvalue weighted by Gasteiger charge is 2.15. The van der Waals surface area contributed by atoms with E-state index in [0.29, 0.717) is 0 Å². The van der Waals surface area contributed by atoms with E-state index < -0.39 is 10.5 Å². The largest absolute Gasteiger partial charge is 0.504 e. The third-order valence-corrected chi connectivity index (χ3v) is 3.08. The number of phenolic OH excluding ortho intramolecular Hbond substituents is 1. The number of phenols is 1. The first-order valence-corrected chi connectivity index (χ1v) is 6.39. The second-order valence-corrected chi connectivity index (χ2v) is 4.52. The van der Waals surface area contributed by atoms with Gasteiger partial charge >= 0.3 is 0 Å². The van der Waals surface area contributed by atoms with Crippen molar-refractivity contribution in [1.82, 2.24) is 10.2 Å². The summed E-state index contributed by atoms with van der Waals surface area (Å²) >= 11 is 5.74. The minimum Gasteiger partial charge on any atom is -0.504 e. The van der Waals surface area contributed by atoms with Gasteiger partial charge in [0.15, 0.2) is 11.5 Å². The second kappa shape index (κ2) is 6.75. The Morgan fingerprint density at radius 2 is 2.30 bits per heavy atom. The maximum Gasteiger partial charge on any atom is 0.285 e. The fourth-order valence-electron chi connectivity index (χ4n) is 1.61. The fourth-order valence-corrected chi connectivity index (χ4v) is 1.74. The number of aromatic amines is 1. The van der Waals surface area contributed by atoms with Gasteiger partial charge in [0.2, 0.25) is 0 Å². The molecule has 3 N–H and O–H groups in total. The first-order chi connectivity index (χ1) is 10.9. The van der Waals surface area contributed by atoms with Crippen LogP contribution in [-0.2, 0) is 0 Å². The summed E-state index contributed by atoms with van der Waals surface area (Å²) in [5, 5.41) is 30.1. The van der Waals surface area contributed by atoms with E-state index in [4.69, 9.17) is 16.3 Å². The zero-order chi connectivity index (χ0) is 17.0. The van der Waals surface area contributed by atoms with Crippen molar-refractivity contribution in [2.45, 2.75) is 0 Å². The number of non-ortho nitro benzene ring substituents is 1. The number of methoxy groups -OCH3 is 1. The topological polar surface area (TPSA) is 143 Å². The van der Waals surface area contributed by atoms with Gasteiger partial charge in [-0.25, -0.2) is 5.10 Å². The number of nitro benzene ring substituents is 1. The van der Waals surface area contributed by atoms with Gasteiger partial charge in [-0.05, 0) is 0 Å². The number of hydrogen-bond donors (Lipinski definition) is 3. The number of aromatic nitrogens is 2. The van der Waals surface area contributed by atoms with Gasteiger partial charge in [0.05, 0.1) is 30.5 Å². The van der Waals surface area contributed by atoms with Crippen LogP contribution in [0.5, 0.6) is 11.5 Å². The molecule has 2 rings (SSSR count). The number of halogens is 1. The first-order valence-electron chi connectivity index (χ1n) is 6.01. The van der Waals surface area contributed by atoms with Crippen molar-refractivity contribution in [1.29, 1.82) is 0 Å². The smallest absolute Gasteiger partial charge is 0.285 e. The zero-order valence-corrected chi connectivity index (χ0v) is 12.4. The maximum atomic E-state index is 11.3. The normalized spacial score (nSPS) is 10.7. The molecule has 0 saturated heterocycles. The molecule has 0 bridgehead atoms. The van der Waals surface area contributed by atoms with Gasteiger partial charge in [0.1, 0.15) is 10.7 Å². The molecule has 1 heterocycles. The van der Waals surface area contributed by atoms with Gasteiger partial charge in [-0.1, -0.05) is 11.6 Å². The maximum absolute atomic E-state index is 11.3. The molecule has 0 fully saturated rings. The van der Waals surface area contributed by atoms with Crippen LogP contribution in [0.4, 0.5) is 11.4 Å². The lowest BCUT2D eigenvalue weighted by molar-refractivity contribution is -0.385. The van der Waals surface area contributed by atoms with Crippen molar-refractivity contribution >= 4 is 29.2 Å². The molecule has 1 aromatic heterocycles. The van der Waals surface area contributed by atoms with Crippen LogP contribution in [0.25, 0.3) is 0 Å². The van der Waals surface area contributed by atoms with Gasteiger partial charge in [0.25, 0.3) is 11.2 Å². The van der Waals surface area contributed by atoms with Crippen LogP contribution < -0.4 is 15.7 Å². The number of rotatable bonds is 5. The average molecular weight is 340 g/mol. The Labute approximate surface area is 133 Å². The predicted octanol–water partition coefficient (Wildman–Crippen LogP) is 1.49. The number of H-pyrrole nitrogens is 1.